The number of hydrogen-bond donors (Lipinski definition) is 2. The van der Waals surface area contributed by atoms with Crippen molar-refractivity contribution in [2.45, 2.75) is 0 Å². The molecular weight excluding hydrogens is 242 g/mol. The zero-order valence-electron chi connectivity index (χ0n) is 10.2. The average Bonchev–Trinajstić information content (AvgIpc) is 2.91. The van der Waals surface area contributed by atoms with Crippen LogP contribution in [0.25, 0.3) is 11.1 Å². The van der Waals surface area contributed by atoms with Gasteiger partial charge in [-0.3, -0.25) is 0 Å². The lowest BCUT2D eigenvalue weighted by atomic mass is 10.0. The summed E-state index contributed by atoms with van der Waals surface area (Å²) in [4.78, 5) is 4.25. The second-order valence-corrected chi connectivity index (χ2v) is 4.35. The molecule has 0 fully saturated rings. The number of hydrogen-bond acceptors (Lipinski definition) is 4. The first kappa shape index (κ1) is 11.6. The van der Waals surface area contributed by atoms with Gasteiger partial charge in [-0.15, -0.1) is 0 Å². The van der Waals surface area contributed by atoms with E-state index in [1.165, 1.54) is 6.07 Å². The minimum absolute atomic E-state index is 0.0441. The van der Waals surface area contributed by atoms with E-state index in [4.69, 9.17) is 4.74 Å². The summed E-state index contributed by atoms with van der Waals surface area (Å²) in [6, 6.07) is 12.2. The van der Waals surface area contributed by atoms with Crippen LogP contribution in [0, 0.1) is 0 Å². The van der Waals surface area contributed by atoms with E-state index in [2.05, 4.69) is 4.99 Å². The van der Waals surface area contributed by atoms with Gasteiger partial charge in [0.25, 0.3) is 0 Å². The molecule has 0 atom stereocenters. The van der Waals surface area contributed by atoms with Gasteiger partial charge in [-0.25, -0.2) is 4.99 Å². The van der Waals surface area contributed by atoms with Crippen LogP contribution in [0.4, 0.5) is 0 Å². The average molecular weight is 255 g/mol. The molecule has 0 amide bonds. The second-order valence-electron chi connectivity index (χ2n) is 4.35. The quantitative estimate of drug-likeness (QED) is 0.866. The lowest BCUT2D eigenvalue weighted by molar-refractivity contribution is 0.348. The van der Waals surface area contributed by atoms with Crippen LogP contribution < -0.4 is 0 Å². The lowest BCUT2D eigenvalue weighted by Gasteiger charge is -2.06. The van der Waals surface area contributed by atoms with Gasteiger partial charge in [-0.1, -0.05) is 12.1 Å². The van der Waals surface area contributed by atoms with Gasteiger partial charge in [-0.05, 0) is 35.4 Å². The van der Waals surface area contributed by atoms with E-state index in [1.54, 1.807) is 12.1 Å². The molecule has 0 spiro atoms. The summed E-state index contributed by atoms with van der Waals surface area (Å²) in [6.07, 6.45) is 0. The molecule has 0 aromatic heterocycles. The molecule has 0 unspecified atom stereocenters. The molecule has 4 nitrogen and oxygen atoms in total. The number of ether oxygens (including phenoxy) is 1. The van der Waals surface area contributed by atoms with Crippen LogP contribution in [0.2, 0.25) is 0 Å². The number of benzene rings is 2. The summed E-state index contributed by atoms with van der Waals surface area (Å²) in [5.41, 5.74) is 2.61. The van der Waals surface area contributed by atoms with Crippen LogP contribution in [0.3, 0.4) is 0 Å². The van der Waals surface area contributed by atoms with Crippen molar-refractivity contribution in [2.24, 2.45) is 4.99 Å². The first-order valence-electron chi connectivity index (χ1n) is 6.03. The van der Waals surface area contributed by atoms with Crippen molar-refractivity contribution in [3.8, 4) is 22.6 Å². The van der Waals surface area contributed by atoms with Crippen molar-refractivity contribution in [1.82, 2.24) is 0 Å². The Morgan fingerprint density at radius 3 is 2.05 bits per heavy atom. The number of phenolic OH excluding ortho intramolecular Hbond substituents is 2. The lowest BCUT2D eigenvalue weighted by Crippen LogP contribution is -2.00. The van der Waals surface area contributed by atoms with Crippen LogP contribution in [-0.2, 0) is 4.74 Å². The molecule has 0 bridgehead atoms. The third-order valence-electron chi connectivity index (χ3n) is 2.95. The molecule has 3 rings (SSSR count). The van der Waals surface area contributed by atoms with E-state index in [0.717, 1.165) is 16.7 Å². The Bertz CT molecular complexity index is 612. The van der Waals surface area contributed by atoms with E-state index in [-0.39, 0.29) is 11.5 Å². The summed E-state index contributed by atoms with van der Waals surface area (Å²) in [5.74, 6) is 0.760. The van der Waals surface area contributed by atoms with Gasteiger partial charge in [0.15, 0.2) is 0 Å². The summed E-state index contributed by atoms with van der Waals surface area (Å²) >= 11 is 0. The first-order chi connectivity index (χ1) is 9.22. The van der Waals surface area contributed by atoms with Crippen molar-refractivity contribution in [3.05, 3.63) is 48.0 Å². The molecule has 4 heteroatoms. The number of aliphatic imine (C=N–C) groups is 1. The minimum Gasteiger partial charge on any atom is -0.508 e. The molecule has 0 aliphatic carbocycles. The van der Waals surface area contributed by atoms with Crippen LogP contribution >= 0.6 is 0 Å². The highest BCUT2D eigenvalue weighted by Gasteiger charge is 2.10. The molecule has 1 aliphatic heterocycles. The minimum atomic E-state index is 0.0441. The fourth-order valence-corrected chi connectivity index (χ4v) is 2.08. The highest BCUT2D eigenvalue weighted by Crippen LogP contribution is 2.28. The molecule has 2 aromatic carbocycles. The number of nitrogens with zero attached hydrogens (tertiary/aromatic N) is 1. The molecule has 0 saturated heterocycles. The highest BCUT2D eigenvalue weighted by atomic mass is 16.5. The van der Waals surface area contributed by atoms with Crippen molar-refractivity contribution in [3.63, 3.8) is 0 Å². The van der Waals surface area contributed by atoms with E-state index in [1.807, 2.05) is 24.3 Å². The molecule has 1 heterocycles. The molecule has 0 radical (unpaired) electrons. The topological polar surface area (TPSA) is 62.0 Å². The first-order valence-corrected chi connectivity index (χ1v) is 6.03. The fourth-order valence-electron chi connectivity index (χ4n) is 2.08. The third kappa shape index (κ3) is 2.38. The maximum Gasteiger partial charge on any atom is 0.216 e. The van der Waals surface area contributed by atoms with E-state index in [0.29, 0.717) is 19.0 Å². The monoisotopic (exact) mass is 255 g/mol. The van der Waals surface area contributed by atoms with E-state index in [9.17, 15) is 10.2 Å². The van der Waals surface area contributed by atoms with Gasteiger partial charge in [0.1, 0.15) is 18.1 Å². The Kier molecular flexibility index (Phi) is 2.83. The van der Waals surface area contributed by atoms with Gasteiger partial charge in [0.2, 0.25) is 5.90 Å². The van der Waals surface area contributed by atoms with E-state index < -0.39 is 0 Å². The summed E-state index contributed by atoms with van der Waals surface area (Å²) in [7, 11) is 0. The predicted octanol–water partition coefficient (Wildman–Crippen LogP) is 2.54. The van der Waals surface area contributed by atoms with Crippen molar-refractivity contribution < 1.29 is 14.9 Å². The Balaban J connectivity index is 1.93. The number of rotatable bonds is 2. The maximum atomic E-state index is 9.48. The normalized spacial score (nSPS) is 14.0. The summed E-state index contributed by atoms with van der Waals surface area (Å²) in [6.45, 7) is 1.34. The second kappa shape index (κ2) is 4.65. The molecule has 0 saturated carbocycles. The molecule has 19 heavy (non-hydrogen) atoms. The van der Waals surface area contributed by atoms with E-state index >= 15 is 0 Å². The van der Waals surface area contributed by atoms with Crippen molar-refractivity contribution in [2.75, 3.05) is 13.2 Å². The Labute approximate surface area is 110 Å². The standard InChI is InChI=1S/C15H13NO3/c17-13-7-12(8-14(18)9-13)10-1-3-11(4-2-10)15-16-5-6-19-15/h1-4,7-9,17-18H,5-6H2. The Morgan fingerprint density at radius 1 is 0.842 bits per heavy atom. The van der Waals surface area contributed by atoms with Gasteiger partial charge in [-0.2, -0.15) is 0 Å². The zero-order valence-corrected chi connectivity index (χ0v) is 10.2. The molecular formula is C15H13NO3. The summed E-state index contributed by atoms with van der Waals surface area (Å²) in [5, 5.41) is 19.0. The zero-order chi connectivity index (χ0) is 13.2. The number of phenols is 2. The third-order valence-corrected chi connectivity index (χ3v) is 2.95. The SMILES string of the molecule is Oc1cc(O)cc(-c2ccc(C3=NCCO3)cc2)c1. The van der Waals surface area contributed by atoms with Crippen molar-refractivity contribution in [1.29, 1.82) is 0 Å². The largest absolute Gasteiger partial charge is 0.508 e. The Morgan fingerprint density at radius 2 is 1.47 bits per heavy atom. The van der Waals surface area contributed by atoms with Crippen LogP contribution in [-0.4, -0.2) is 29.3 Å². The van der Waals surface area contributed by atoms with Crippen LogP contribution in [0.5, 0.6) is 11.5 Å². The number of aromatic hydroxyl groups is 2. The van der Waals surface area contributed by atoms with Crippen LogP contribution in [0.1, 0.15) is 5.56 Å². The maximum absolute atomic E-state index is 9.48. The molecule has 1 aliphatic rings. The van der Waals surface area contributed by atoms with Crippen molar-refractivity contribution >= 4 is 5.90 Å². The predicted molar refractivity (Wildman–Crippen MR) is 72.6 cm³/mol. The van der Waals surface area contributed by atoms with Gasteiger partial charge < -0.3 is 14.9 Å². The van der Waals surface area contributed by atoms with Gasteiger partial charge >= 0.3 is 0 Å². The fraction of sp³-hybridized carbons (Fsp3) is 0.133. The summed E-state index contributed by atoms with van der Waals surface area (Å²) < 4.78 is 5.39. The Hall–Kier alpha value is -2.49. The van der Waals surface area contributed by atoms with Gasteiger partial charge in [0.05, 0.1) is 6.54 Å². The smallest absolute Gasteiger partial charge is 0.216 e. The highest BCUT2D eigenvalue weighted by molar-refractivity contribution is 5.95. The van der Waals surface area contributed by atoms with Crippen LogP contribution in [0.15, 0.2) is 47.5 Å². The van der Waals surface area contributed by atoms with Gasteiger partial charge in [0, 0.05) is 11.6 Å². The molecule has 2 aromatic rings. The molecule has 2 N–H and O–H groups in total. The molecule has 96 valence electrons.